The van der Waals surface area contributed by atoms with E-state index in [2.05, 4.69) is 6.92 Å². The van der Waals surface area contributed by atoms with Gasteiger partial charge >= 0.3 is 5.97 Å². The third-order valence-electron chi connectivity index (χ3n) is 5.72. The number of carbonyl (C=O) groups is 2. The average molecular weight is 340 g/mol. The van der Waals surface area contributed by atoms with Gasteiger partial charge in [0.1, 0.15) is 12.2 Å². The molecule has 0 radical (unpaired) electrons. The Kier molecular flexibility index (Phi) is 5.76. The van der Waals surface area contributed by atoms with Crippen LogP contribution in [0.5, 0.6) is 0 Å². The van der Waals surface area contributed by atoms with Crippen molar-refractivity contribution in [3.8, 4) is 0 Å². The normalized spacial score (nSPS) is 34.1. The summed E-state index contributed by atoms with van der Waals surface area (Å²) >= 11 is 0. The van der Waals surface area contributed by atoms with Gasteiger partial charge in [-0.25, -0.2) is 0 Å². The molecule has 3 aliphatic rings. The van der Waals surface area contributed by atoms with E-state index in [9.17, 15) is 9.59 Å². The summed E-state index contributed by atoms with van der Waals surface area (Å²) in [4.78, 5) is 22.4. The van der Waals surface area contributed by atoms with Gasteiger partial charge in [0.15, 0.2) is 5.79 Å². The van der Waals surface area contributed by atoms with Crippen molar-refractivity contribution in [2.45, 2.75) is 76.3 Å². The van der Waals surface area contributed by atoms with Crippen molar-refractivity contribution in [2.24, 2.45) is 11.8 Å². The zero-order valence-electron chi connectivity index (χ0n) is 14.4. The number of hydrogen-bond donors (Lipinski definition) is 0. The maximum Gasteiger partial charge on any atom is 0.306 e. The predicted octanol–water partition coefficient (Wildman–Crippen LogP) is 2.58. The molecule has 0 amide bonds. The summed E-state index contributed by atoms with van der Waals surface area (Å²) in [6.07, 6.45) is 6.69. The van der Waals surface area contributed by atoms with E-state index in [0.717, 1.165) is 32.1 Å². The van der Waals surface area contributed by atoms with Gasteiger partial charge in [-0.05, 0) is 12.8 Å². The first-order valence-electron chi connectivity index (χ1n) is 9.24. The minimum atomic E-state index is -0.498. The van der Waals surface area contributed by atoms with Crippen molar-refractivity contribution in [1.29, 1.82) is 0 Å². The van der Waals surface area contributed by atoms with Crippen molar-refractivity contribution >= 4 is 12.4 Å². The van der Waals surface area contributed by atoms with Crippen LogP contribution in [0.3, 0.4) is 0 Å². The molecule has 4 atom stereocenters. The summed E-state index contributed by atoms with van der Waals surface area (Å²) < 4.78 is 22.5. The molecule has 2 heterocycles. The van der Waals surface area contributed by atoms with E-state index in [0.29, 0.717) is 32.5 Å². The van der Waals surface area contributed by atoms with E-state index in [1.165, 1.54) is 6.42 Å². The largest absolute Gasteiger partial charge is 0.464 e. The standard InChI is InChI=1S/C18H28O6/c1-2-3-4-6-18(22-8-9-23-18)7-5-13-14-10-17(20)24-16(14)11-15(13)21-12-19/h12-16H,2-11H2,1H3/t13-,14-,15+,16+/m1/s1. The van der Waals surface area contributed by atoms with Gasteiger partial charge in [0, 0.05) is 31.1 Å². The minimum Gasteiger partial charge on any atom is -0.464 e. The van der Waals surface area contributed by atoms with Crippen LogP contribution >= 0.6 is 0 Å². The van der Waals surface area contributed by atoms with Crippen LogP contribution in [0.25, 0.3) is 0 Å². The molecule has 24 heavy (non-hydrogen) atoms. The molecule has 1 saturated carbocycles. The zero-order chi connectivity index (χ0) is 17.0. The highest BCUT2D eigenvalue weighted by molar-refractivity contribution is 5.72. The molecule has 2 saturated heterocycles. The van der Waals surface area contributed by atoms with Crippen LogP contribution in [0.2, 0.25) is 0 Å². The van der Waals surface area contributed by atoms with E-state index in [4.69, 9.17) is 18.9 Å². The molecule has 0 N–H and O–H groups in total. The Balaban J connectivity index is 1.61. The molecule has 0 bridgehead atoms. The number of unbranched alkanes of at least 4 members (excludes halogenated alkanes) is 2. The lowest BCUT2D eigenvalue weighted by atomic mass is 9.86. The number of fused-ring (bicyclic) bond motifs is 1. The fraction of sp³-hybridized carbons (Fsp3) is 0.889. The Labute approximate surface area is 143 Å². The second kappa shape index (κ2) is 7.83. The van der Waals surface area contributed by atoms with Crippen LogP contribution < -0.4 is 0 Å². The smallest absolute Gasteiger partial charge is 0.306 e. The molecule has 3 fully saturated rings. The maximum absolute atomic E-state index is 11.6. The lowest BCUT2D eigenvalue weighted by molar-refractivity contribution is -0.172. The zero-order valence-corrected chi connectivity index (χ0v) is 14.4. The van der Waals surface area contributed by atoms with E-state index in [1.807, 2.05) is 0 Å². The highest BCUT2D eigenvalue weighted by Crippen LogP contribution is 2.46. The van der Waals surface area contributed by atoms with E-state index < -0.39 is 5.79 Å². The quantitative estimate of drug-likeness (QED) is 0.365. The second-order valence-corrected chi connectivity index (χ2v) is 7.17. The van der Waals surface area contributed by atoms with E-state index in [1.54, 1.807) is 0 Å². The SMILES string of the molecule is CCCCCC1(CC[C@@H]2[C@H]3CC(=O)O[C@H]3C[C@@H]2OC=O)OCCO1. The first kappa shape index (κ1) is 17.7. The summed E-state index contributed by atoms with van der Waals surface area (Å²) in [7, 11) is 0. The van der Waals surface area contributed by atoms with Gasteiger partial charge in [0.2, 0.25) is 0 Å². The van der Waals surface area contributed by atoms with Gasteiger partial charge in [0.05, 0.1) is 19.6 Å². The topological polar surface area (TPSA) is 71.1 Å². The maximum atomic E-state index is 11.6. The Morgan fingerprint density at radius 2 is 2.04 bits per heavy atom. The molecule has 2 aliphatic heterocycles. The lowest BCUT2D eigenvalue weighted by Crippen LogP contribution is -2.33. The molecule has 0 aromatic rings. The molecule has 0 aromatic carbocycles. The predicted molar refractivity (Wildman–Crippen MR) is 85.0 cm³/mol. The third-order valence-corrected chi connectivity index (χ3v) is 5.72. The second-order valence-electron chi connectivity index (χ2n) is 7.17. The van der Waals surface area contributed by atoms with Crippen molar-refractivity contribution in [2.75, 3.05) is 13.2 Å². The van der Waals surface area contributed by atoms with Crippen molar-refractivity contribution in [3.63, 3.8) is 0 Å². The summed E-state index contributed by atoms with van der Waals surface area (Å²) in [5.74, 6) is -0.341. The van der Waals surface area contributed by atoms with Gasteiger partial charge in [-0.3, -0.25) is 9.59 Å². The van der Waals surface area contributed by atoms with Gasteiger partial charge < -0.3 is 18.9 Å². The monoisotopic (exact) mass is 340 g/mol. The number of esters is 1. The number of carbonyl (C=O) groups excluding carboxylic acids is 2. The number of ether oxygens (including phenoxy) is 4. The molecule has 1 aliphatic carbocycles. The first-order chi connectivity index (χ1) is 11.7. The summed E-state index contributed by atoms with van der Waals surface area (Å²) in [5, 5.41) is 0. The van der Waals surface area contributed by atoms with Crippen LogP contribution in [0.1, 0.15) is 58.3 Å². The molecule has 0 unspecified atom stereocenters. The highest BCUT2D eigenvalue weighted by Gasteiger charge is 2.51. The van der Waals surface area contributed by atoms with Crippen LogP contribution in [0.15, 0.2) is 0 Å². The van der Waals surface area contributed by atoms with Crippen molar-refractivity contribution < 1.29 is 28.5 Å². The molecular formula is C18H28O6. The molecule has 6 nitrogen and oxygen atoms in total. The Bertz CT molecular complexity index is 445. The summed E-state index contributed by atoms with van der Waals surface area (Å²) in [6.45, 7) is 3.97. The Hall–Kier alpha value is -1.14. The van der Waals surface area contributed by atoms with Gasteiger partial charge in [-0.15, -0.1) is 0 Å². The molecule has 136 valence electrons. The summed E-state index contributed by atoms with van der Waals surface area (Å²) in [5.41, 5.74) is 0. The Morgan fingerprint density at radius 3 is 2.75 bits per heavy atom. The first-order valence-corrected chi connectivity index (χ1v) is 9.24. The fourth-order valence-corrected chi connectivity index (χ4v) is 4.53. The fourth-order valence-electron chi connectivity index (χ4n) is 4.53. The lowest BCUT2D eigenvalue weighted by Gasteiger charge is -2.30. The molecular weight excluding hydrogens is 312 g/mol. The summed E-state index contributed by atoms with van der Waals surface area (Å²) in [6, 6.07) is 0. The van der Waals surface area contributed by atoms with Crippen LogP contribution in [-0.2, 0) is 28.5 Å². The third kappa shape index (κ3) is 3.75. The van der Waals surface area contributed by atoms with Crippen LogP contribution in [0.4, 0.5) is 0 Å². The molecule has 3 rings (SSSR count). The van der Waals surface area contributed by atoms with Gasteiger partial charge in [-0.1, -0.05) is 19.8 Å². The van der Waals surface area contributed by atoms with Gasteiger partial charge in [0.25, 0.3) is 6.47 Å². The minimum absolute atomic E-state index is 0.103. The van der Waals surface area contributed by atoms with Gasteiger partial charge in [-0.2, -0.15) is 0 Å². The average Bonchev–Trinajstić information content (AvgIpc) is 3.22. The van der Waals surface area contributed by atoms with Crippen molar-refractivity contribution in [3.05, 3.63) is 0 Å². The van der Waals surface area contributed by atoms with Crippen molar-refractivity contribution in [1.82, 2.24) is 0 Å². The van der Waals surface area contributed by atoms with Crippen LogP contribution in [-0.4, -0.2) is 43.7 Å². The van der Waals surface area contributed by atoms with E-state index >= 15 is 0 Å². The molecule has 0 aromatic heterocycles. The molecule has 0 spiro atoms. The Morgan fingerprint density at radius 1 is 1.25 bits per heavy atom. The number of rotatable bonds is 9. The van der Waals surface area contributed by atoms with Crippen LogP contribution in [0, 0.1) is 11.8 Å². The number of hydrogen-bond acceptors (Lipinski definition) is 6. The van der Waals surface area contributed by atoms with E-state index in [-0.39, 0.29) is 30.0 Å². The highest BCUT2D eigenvalue weighted by atomic mass is 16.7. The molecule has 6 heteroatoms.